The minimum absolute atomic E-state index is 0.0210. The quantitative estimate of drug-likeness (QED) is 0.831. The van der Waals surface area contributed by atoms with Crippen molar-refractivity contribution in [3.63, 3.8) is 0 Å². The maximum absolute atomic E-state index is 6.86. The molecule has 0 aliphatic heterocycles. The first-order chi connectivity index (χ1) is 9.42. The highest BCUT2D eigenvalue weighted by molar-refractivity contribution is 5.83. The van der Waals surface area contributed by atoms with Gasteiger partial charge in [-0.3, -0.25) is 0 Å². The third kappa shape index (κ3) is 2.04. The van der Waals surface area contributed by atoms with E-state index in [1.54, 1.807) is 0 Å². The van der Waals surface area contributed by atoms with Gasteiger partial charge in [0.25, 0.3) is 0 Å². The average Bonchev–Trinajstić information content (AvgIpc) is 2.42. The van der Waals surface area contributed by atoms with E-state index < -0.39 is 0 Å². The second-order valence-electron chi connectivity index (χ2n) is 6.92. The molecule has 0 bridgehead atoms. The van der Waals surface area contributed by atoms with Crippen LogP contribution in [0.5, 0.6) is 0 Å². The minimum Gasteiger partial charge on any atom is -0.328 e. The van der Waals surface area contributed by atoms with Gasteiger partial charge >= 0.3 is 0 Å². The molecule has 0 saturated heterocycles. The minimum atomic E-state index is -0.285. The lowest BCUT2D eigenvalue weighted by atomic mass is 9.59. The molecule has 2 unspecified atom stereocenters. The molecule has 3 rings (SSSR count). The van der Waals surface area contributed by atoms with Crippen LogP contribution < -0.4 is 11.5 Å². The molecule has 4 N–H and O–H groups in total. The SMILES string of the molecule is CC1(C)CC(N)CCC1(N)c1ccc2ccccc2c1. The van der Waals surface area contributed by atoms with Gasteiger partial charge in [0.05, 0.1) is 0 Å². The Morgan fingerprint density at radius 1 is 1.05 bits per heavy atom. The van der Waals surface area contributed by atoms with Crippen molar-refractivity contribution in [2.45, 2.75) is 44.7 Å². The lowest BCUT2D eigenvalue weighted by molar-refractivity contribution is 0.0853. The van der Waals surface area contributed by atoms with Gasteiger partial charge in [0.15, 0.2) is 0 Å². The number of rotatable bonds is 1. The van der Waals surface area contributed by atoms with Gasteiger partial charge < -0.3 is 11.5 Å². The Morgan fingerprint density at radius 3 is 2.45 bits per heavy atom. The highest BCUT2D eigenvalue weighted by Crippen LogP contribution is 2.48. The lowest BCUT2D eigenvalue weighted by Gasteiger charge is -2.50. The van der Waals surface area contributed by atoms with Gasteiger partial charge in [0.1, 0.15) is 0 Å². The van der Waals surface area contributed by atoms with Crippen LogP contribution in [0.4, 0.5) is 0 Å². The van der Waals surface area contributed by atoms with E-state index in [0.29, 0.717) is 0 Å². The molecule has 1 aliphatic carbocycles. The van der Waals surface area contributed by atoms with Crippen molar-refractivity contribution >= 4 is 10.8 Å². The van der Waals surface area contributed by atoms with Crippen molar-refractivity contribution in [3.05, 3.63) is 48.0 Å². The molecular weight excluding hydrogens is 244 g/mol. The summed E-state index contributed by atoms with van der Waals surface area (Å²) >= 11 is 0. The fourth-order valence-electron chi connectivity index (χ4n) is 3.69. The molecule has 2 aromatic rings. The Morgan fingerprint density at radius 2 is 1.75 bits per heavy atom. The molecule has 1 saturated carbocycles. The second-order valence-corrected chi connectivity index (χ2v) is 6.92. The van der Waals surface area contributed by atoms with Crippen LogP contribution in [0.25, 0.3) is 10.8 Å². The molecule has 2 aromatic carbocycles. The molecule has 2 nitrogen and oxygen atoms in total. The average molecular weight is 268 g/mol. The fraction of sp³-hybridized carbons (Fsp3) is 0.444. The zero-order chi connectivity index (χ0) is 14.4. The first-order valence-corrected chi connectivity index (χ1v) is 7.46. The molecule has 20 heavy (non-hydrogen) atoms. The van der Waals surface area contributed by atoms with Crippen LogP contribution >= 0.6 is 0 Å². The van der Waals surface area contributed by atoms with Gasteiger partial charge in [0.2, 0.25) is 0 Å². The number of benzene rings is 2. The number of fused-ring (bicyclic) bond motifs is 1. The van der Waals surface area contributed by atoms with Gasteiger partial charge in [-0.2, -0.15) is 0 Å². The third-order valence-electron chi connectivity index (χ3n) is 5.15. The highest BCUT2D eigenvalue weighted by atomic mass is 14.8. The van der Waals surface area contributed by atoms with Crippen molar-refractivity contribution in [1.82, 2.24) is 0 Å². The summed E-state index contributed by atoms with van der Waals surface area (Å²) < 4.78 is 0. The summed E-state index contributed by atoms with van der Waals surface area (Å²) in [6.45, 7) is 4.50. The Hall–Kier alpha value is -1.38. The van der Waals surface area contributed by atoms with Crippen molar-refractivity contribution < 1.29 is 0 Å². The summed E-state index contributed by atoms with van der Waals surface area (Å²) in [7, 11) is 0. The Labute approximate surface area is 121 Å². The van der Waals surface area contributed by atoms with Crippen LogP contribution in [0, 0.1) is 5.41 Å². The normalized spacial score (nSPS) is 29.5. The summed E-state index contributed by atoms with van der Waals surface area (Å²) in [6.07, 6.45) is 2.95. The van der Waals surface area contributed by atoms with E-state index in [-0.39, 0.29) is 17.0 Å². The number of hydrogen-bond donors (Lipinski definition) is 2. The molecule has 0 amide bonds. The Kier molecular flexibility index (Phi) is 3.11. The van der Waals surface area contributed by atoms with E-state index in [0.717, 1.165) is 19.3 Å². The van der Waals surface area contributed by atoms with Crippen LogP contribution in [0.1, 0.15) is 38.7 Å². The van der Waals surface area contributed by atoms with E-state index in [4.69, 9.17) is 11.5 Å². The van der Waals surface area contributed by atoms with Crippen molar-refractivity contribution in [2.75, 3.05) is 0 Å². The predicted octanol–water partition coefficient (Wildman–Crippen LogP) is 3.53. The van der Waals surface area contributed by atoms with Gasteiger partial charge in [-0.15, -0.1) is 0 Å². The van der Waals surface area contributed by atoms with E-state index >= 15 is 0 Å². The highest BCUT2D eigenvalue weighted by Gasteiger charge is 2.46. The van der Waals surface area contributed by atoms with Crippen molar-refractivity contribution in [3.8, 4) is 0 Å². The Balaban J connectivity index is 2.08. The zero-order valence-corrected chi connectivity index (χ0v) is 12.4. The molecule has 0 spiro atoms. The van der Waals surface area contributed by atoms with Gasteiger partial charge in [-0.1, -0.05) is 50.2 Å². The van der Waals surface area contributed by atoms with Crippen LogP contribution in [0.3, 0.4) is 0 Å². The summed E-state index contributed by atoms with van der Waals surface area (Å²) in [5, 5.41) is 2.53. The monoisotopic (exact) mass is 268 g/mol. The lowest BCUT2D eigenvalue weighted by Crippen LogP contribution is -2.55. The topological polar surface area (TPSA) is 52.0 Å². The molecule has 1 fully saturated rings. The van der Waals surface area contributed by atoms with E-state index in [2.05, 4.69) is 56.3 Å². The van der Waals surface area contributed by atoms with E-state index in [1.807, 2.05) is 0 Å². The first kappa shape index (κ1) is 13.6. The zero-order valence-electron chi connectivity index (χ0n) is 12.4. The Bertz CT molecular complexity index is 632. The molecule has 0 aromatic heterocycles. The third-order valence-corrected chi connectivity index (χ3v) is 5.15. The van der Waals surface area contributed by atoms with Crippen molar-refractivity contribution in [2.24, 2.45) is 16.9 Å². The molecule has 2 atom stereocenters. The smallest absolute Gasteiger partial charge is 0.0462 e. The maximum atomic E-state index is 6.86. The van der Waals surface area contributed by atoms with Crippen LogP contribution in [-0.4, -0.2) is 6.04 Å². The summed E-state index contributed by atoms with van der Waals surface area (Å²) in [5.41, 5.74) is 14.0. The van der Waals surface area contributed by atoms with Crippen LogP contribution in [0.15, 0.2) is 42.5 Å². The summed E-state index contributed by atoms with van der Waals surface area (Å²) in [6, 6.07) is 15.4. The maximum Gasteiger partial charge on any atom is 0.0462 e. The molecule has 2 heteroatoms. The fourth-order valence-corrected chi connectivity index (χ4v) is 3.69. The van der Waals surface area contributed by atoms with Crippen molar-refractivity contribution in [1.29, 1.82) is 0 Å². The van der Waals surface area contributed by atoms with E-state index in [9.17, 15) is 0 Å². The first-order valence-electron chi connectivity index (χ1n) is 7.46. The molecule has 106 valence electrons. The van der Waals surface area contributed by atoms with Gasteiger partial charge in [-0.25, -0.2) is 0 Å². The van der Waals surface area contributed by atoms with Gasteiger partial charge in [0, 0.05) is 11.6 Å². The van der Waals surface area contributed by atoms with Crippen LogP contribution in [0.2, 0.25) is 0 Å². The number of nitrogens with two attached hydrogens (primary N) is 2. The van der Waals surface area contributed by atoms with Crippen LogP contribution in [-0.2, 0) is 5.54 Å². The molecule has 0 radical (unpaired) electrons. The standard InChI is InChI=1S/C18H24N2/c1-17(2)12-16(19)9-10-18(17,20)15-8-7-13-5-3-4-6-14(13)11-15/h3-8,11,16H,9-10,12,19-20H2,1-2H3. The second kappa shape index (κ2) is 4.57. The molecular formula is C18H24N2. The molecule has 0 heterocycles. The largest absolute Gasteiger partial charge is 0.328 e. The summed E-state index contributed by atoms with van der Waals surface area (Å²) in [4.78, 5) is 0. The van der Waals surface area contributed by atoms with E-state index in [1.165, 1.54) is 16.3 Å². The number of hydrogen-bond acceptors (Lipinski definition) is 2. The van der Waals surface area contributed by atoms with Gasteiger partial charge in [-0.05, 0) is 47.1 Å². The predicted molar refractivity (Wildman–Crippen MR) is 85.4 cm³/mol. The molecule has 1 aliphatic rings. The summed E-state index contributed by atoms with van der Waals surface area (Å²) in [5.74, 6) is 0.